The van der Waals surface area contributed by atoms with Crippen molar-refractivity contribution in [2.75, 3.05) is 11.9 Å². The molecule has 0 saturated carbocycles. The van der Waals surface area contributed by atoms with Gasteiger partial charge >= 0.3 is 5.97 Å². The van der Waals surface area contributed by atoms with Gasteiger partial charge in [-0.25, -0.2) is 13.1 Å². The van der Waals surface area contributed by atoms with E-state index in [4.69, 9.17) is 5.11 Å². The van der Waals surface area contributed by atoms with Crippen LogP contribution in [0.25, 0.3) is 10.8 Å². The van der Waals surface area contributed by atoms with Crippen LogP contribution in [0.4, 0.5) is 5.69 Å². The molecule has 0 heterocycles. The average molecular weight is 350 g/mol. The third kappa shape index (κ3) is 4.30. The van der Waals surface area contributed by atoms with Gasteiger partial charge in [-0.1, -0.05) is 24.3 Å². The van der Waals surface area contributed by atoms with Crippen molar-refractivity contribution in [1.29, 1.82) is 0 Å². The molecule has 2 aromatic rings. The third-order valence-electron chi connectivity index (χ3n) is 3.34. The van der Waals surface area contributed by atoms with Crippen molar-refractivity contribution >= 4 is 38.4 Å². The molecule has 0 atom stereocenters. The number of carbonyl (C=O) groups excluding carboxylic acids is 1. The number of hydrogen-bond acceptors (Lipinski definition) is 4. The average Bonchev–Trinajstić information content (AvgIpc) is 2.51. The van der Waals surface area contributed by atoms with Gasteiger partial charge < -0.3 is 10.4 Å². The molecule has 0 aromatic heterocycles. The molecule has 2 rings (SSSR count). The Morgan fingerprint density at radius 1 is 1.08 bits per heavy atom. The van der Waals surface area contributed by atoms with Crippen LogP contribution >= 0.6 is 0 Å². The minimum atomic E-state index is -3.79. The molecule has 0 unspecified atom stereocenters. The number of carboxylic acids is 1. The Morgan fingerprint density at radius 3 is 2.38 bits per heavy atom. The molecule has 1 amide bonds. The number of aliphatic carboxylic acids is 1. The molecule has 0 radical (unpaired) electrons. The van der Waals surface area contributed by atoms with Crippen molar-refractivity contribution in [3.8, 4) is 0 Å². The molecule has 24 heavy (non-hydrogen) atoms. The van der Waals surface area contributed by atoms with Gasteiger partial charge in [-0.15, -0.1) is 0 Å². The predicted octanol–water partition coefficient (Wildman–Crippen LogP) is 1.94. The second kappa shape index (κ2) is 7.41. The zero-order valence-corrected chi connectivity index (χ0v) is 13.9. The van der Waals surface area contributed by atoms with Gasteiger partial charge in [0, 0.05) is 36.3 Å². The number of hydrogen-bond donors (Lipinski definition) is 3. The normalized spacial score (nSPS) is 11.4. The van der Waals surface area contributed by atoms with E-state index < -0.39 is 16.0 Å². The summed E-state index contributed by atoms with van der Waals surface area (Å²) in [6.45, 7) is 1.42. The van der Waals surface area contributed by atoms with E-state index in [1.807, 2.05) is 0 Å². The van der Waals surface area contributed by atoms with Gasteiger partial charge in [0.05, 0.1) is 4.90 Å². The van der Waals surface area contributed by atoms with Crippen LogP contribution in [0.15, 0.2) is 41.3 Å². The second-order valence-electron chi connectivity index (χ2n) is 5.23. The quantitative estimate of drug-likeness (QED) is 0.661. The maximum absolute atomic E-state index is 12.5. The summed E-state index contributed by atoms with van der Waals surface area (Å²) in [5.74, 6) is -1.22. The van der Waals surface area contributed by atoms with Crippen LogP contribution < -0.4 is 10.0 Å². The molecule has 128 valence electrons. The van der Waals surface area contributed by atoms with E-state index in [9.17, 15) is 18.0 Å². The fraction of sp³-hybridized carbons (Fsp3) is 0.250. The lowest BCUT2D eigenvalue weighted by atomic mass is 10.1. The number of rotatable bonds is 7. The van der Waals surface area contributed by atoms with Crippen LogP contribution in [-0.2, 0) is 19.6 Å². The minimum Gasteiger partial charge on any atom is -0.481 e. The third-order valence-corrected chi connectivity index (χ3v) is 4.86. The zero-order chi connectivity index (χ0) is 17.7. The number of nitrogens with one attached hydrogen (secondary N) is 2. The maximum Gasteiger partial charge on any atom is 0.303 e. The Bertz CT molecular complexity index is 877. The number of benzene rings is 2. The first-order valence-electron chi connectivity index (χ1n) is 7.32. The Morgan fingerprint density at radius 2 is 1.75 bits per heavy atom. The van der Waals surface area contributed by atoms with Gasteiger partial charge in [0.15, 0.2) is 0 Å². The molecule has 0 fully saturated rings. The van der Waals surface area contributed by atoms with Gasteiger partial charge in [-0.3, -0.25) is 9.59 Å². The highest BCUT2D eigenvalue weighted by Gasteiger charge is 2.18. The lowest BCUT2D eigenvalue weighted by molar-refractivity contribution is -0.137. The molecular formula is C16H18N2O5S. The van der Waals surface area contributed by atoms with Gasteiger partial charge in [0.2, 0.25) is 15.9 Å². The van der Waals surface area contributed by atoms with Crippen LogP contribution in [0.1, 0.15) is 19.8 Å². The SMILES string of the molecule is CC(=O)Nc1ccc(S(=O)(=O)NCCCC(=O)O)c2ccccc12. The summed E-state index contributed by atoms with van der Waals surface area (Å²) >= 11 is 0. The molecule has 0 aliphatic heterocycles. The molecule has 7 nitrogen and oxygen atoms in total. The highest BCUT2D eigenvalue weighted by Crippen LogP contribution is 2.29. The van der Waals surface area contributed by atoms with Crippen LogP contribution in [0.2, 0.25) is 0 Å². The molecule has 8 heteroatoms. The summed E-state index contributed by atoms with van der Waals surface area (Å²) in [4.78, 5) is 21.8. The fourth-order valence-electron chi connectivity index (χ4n) is 2.33. The fourth-order valence-corrected chi connectivity index (χ4v) is 3.61. The first-order valence-corrected chi connectivity index (χ1v) is 8.80. The van der Waals surface area contributed by atoms with Crippen molar-refractivity contribution < 1.29 is 23.1 Å². The first kappa shape index (κ1) is 17.9. The predicted molar refractivity (Wildman–Crippen MR) is 90.3 cm³/mol. The van der Waals surface area contributed by atoms with Crippen molar-refractivity contribution in [2.45, 2.75) is 24.7 Å². The summed E-state index contributed by atoms with van der Waals surface area (Å²) in [5, 5.41) is 12.4. The lowest BCUT2D eigenvalue weighted by Crippen LogP contribution is -2.25. The number of fused-ring (bicyclic) bond motifs is 1. The zero-order valence-electron chi connectivity index (χ0n) is 13.1. The standard InChI is InChI=1S/C16H18N2O5S/c1-11(19)18-14-8-9-15(13-6-3-2-5-12(13)14)24(22,23)17-10-4-7-16(20)21/h2-3,5-6,8-9,17H,4,7,10H2,1H3,(H,18,19)(H,20,21). The highest BCUT2D eigenvalue weighted by atomic mass is 32.2. The first-order chi connectivity index (χ1) is 11.3. The molecular weight excluding hydrogens is 332 g/mol. The number of carboxylic acid groups (broad SMARTS) is 1. The van der Waals surface area contributed by atoms with Gasteiger partial charge in [-0.05, 0) is 18.6 Å². The summed E-state index contributed by atoms with van der Waals surface area (Å²) in [7, 11) is -3.79. The van der Waals surface area contributed by atoms with Gasteiger partial charge in [0.1, 0.15) is 0 Å². The largest absolute Gasteiger partial charge is 0.481 e. The molecule has 3 N–H and O–H groups in total. The maximum atomic E-state index is 12.5. The van der Waals surface area contributed by atoms with E-state index in [1.54, 1.807) is 24.3 Å². The van der Waals surface area contributed by atoms with E-state index in [1.165, 1.54) is 19.1 Å². The Balaban J connectivity index is 2.35. The van der Waals surface area contributed by atoms with E-state index in [0.29, 0.717) is 16.5 Å². The molecule has 0 bridgehead atoms. The second-order valence-corrected chi connectivity index (χ2v) is 6.97. The molecule has 0 aliphatic rings. The summed E-state index contributed by atoms with van der Waals surface area (Å²) in [6, 6.07) is 9.81. The van der Waals surface area contributed by atoms with Crippen LogP contribution in [0.3, 0.4) is 0 Å². The summed E-state index contributed by atoms with van der Waals surface area (Å²) in [5.41, 5.74) is 0.530. The minimum absolute atomic E-state index is 0.0381. The number of carbonyl (C=O) groups is 2. The molecule has 0 saturated heterocycles. The van der Waals surface area contributed by atoms with Crippen LogP contribution in [0, 0.1) is 0 Å². The molecule has 0 spiro atoms. The lowest BCUT2D eigenvalue weighted by Gasteiger charge is -2.12. The van der Waals surface area contributed by atoms with Crippen LogP contribution in [0.5, 0.6) is 0 Å². The smallest absolute Gasteiger partial charge is 0.303 e. The molecule has 0 aliphatic carbocycles. The number of sulfonamides is 1. The van der Waals surface area contributed by atoms with Crippen LogP contribution in [-0.4, -0.2) is 31.9 Å². The topological polar surface area (TPSA) is 113 Å². The van der Waals surface area contributed by atoms with Gasteiger partial charge in [-0.2, -0.15) is 0 Å². The van der Waals surface area contributed by atoms with Crippen molar-refractivity contribution in [1.82, 2.24) is 4.72 Å². The van der Waals surface area contributed by atoms with E-state index in [2.05, 4.69) is 10.0 Å². The summed E-state index contributed by atoms with van der Waals surface area (Å²) in [6.07, 6.45) is 0.0984. The highest BCUT2D eigenvalue weighted by molar-refractivity contribution is 7.89. The molecule has 2 aromatic carbocycles. The number of amides is 1. The van der Waals surface area contributed by atoms with E-state index in [0.717, 1.165) is 0 Å². The summed E-state index contributed by atoms with van der Waals surface area (Å²) < 4.78 is 27.4. The van der Waals surface area contributed by atoms with Crippen molar-refractivity contribution in [3.63, 3.8) is 0 Å². The van der Waals surface area contributed by atoms with Crippen molar-refractivity contribution in [3.05, 3.63) is 36.4 Å². The van der Waals surface area contributed by atoms with E-state index in [-0.39, 0.29) is 30.2 Å². The van der Waals surface area contributed by atoms with Gasteiger partial charge in [0.25, 0.3) is 0 Å². The Hall–Kier alpha value is -2.45. The Kier molecular flexibility index (Phi) is 5.53. The number of anilines is 1. The monoisotopic (exact) mass is 350 g/mol. The van der Waals surface area contributed by atoms with Crippen molar-refractivity contribution in [2.24, 2.45) is 0 Å². The van der Waals surface area contributed by atoms with E-state index >= 15 is 0 Å². The Labute approximate surface area is 139 Å².